The quantitative estimate of drug-likeness (QED) is 0.384. The van der Waals surface area contributed by atoms with Crippen molar-refractivity contribution in [1.82, 2.24) is 4.98 Å². The third-order valence-corrected chi connectivity index (χ3v) is 4.08. The second-order valence-electron chi connectivity index (χ2n) is 5.81. The number of aryl methyl sites for hydroxylation is 1. The third-order valence-electron chi connectivity index (χ3n) is 4.08. The number of H-pyrrole nitrogens is 1. The molecule has 0 saturated heterocycles. The summed E-state index contributed by atoms with van der Waals surface area (Å²) in [6.07, 6.45) is 2.44. The Morgan fingerprint density at radius 3 is 2.60 bits per heavy atom. The number of carbonyl (C=O) groups is 1. The molecular weight excluding hydrogens is 320 g/mol. The van der Waals surface area contributed by atoms with Crippen LogP contribution < -0.4 is 0 Å². The minimum Gasteiger partial charge on any atom is -0.468 e. The molecule has 0 radical (unpaired) electrons. The third kappa shape index (κ3) is 4.23. The predicted molar refractivity (Wildman–Crippen MR) is 92.3 cm³/mol. The number of Topliss-reactive ketones (excluding diaryl/α,β-unsaturated/α-hetero) is 1. The molecule has 0 bridgehead atoms. The summed E-state index contributed by atoms with van der Waals surface area (Å²) in [6, 6.07) is 16.3. The maximum atomic E-state index is 12.2. The summed E-state index contributed by atoms with van der Waals surface area (Å²) in [4.78, 5) is 26.0. The topological polar surface area (TPSA) is 89.1 Å². The van der Waals surface area contributed by atoms with Gasteiger partial charge < -0.3 is 9.40 Å². The molecule has 0 aliphatic rings. The molecule has 25 heavy (non-hydrogen) atoms. The van der Waals surface area contributed by atoms with Gasteiger partial charge in [-0.05, 0) is 30.7 Å². The number of hydrogen-bond donors (Lipinski definition) is 1. The zero-order valence-corrected chi connectivity index (χ0v) is 13.6. The van der Waals surface area contributed by atoms with Crippen molar-refractivity contribution in [2.24, 2.45) is 0 Å². The number of aromatic amines is 1. The Hall–Kier alpha value is -3.15. The molecule has 0 aliphatic carbocycles. The fourth-order valence-corrected chi connectivity index (χ4v) is 2.80. The Bertz CT molecular complexity index is 837. The smallest absolute Gasteiger partial charge is 0.219 e. The molecule has 2 heterocycles. The van der Waals surface area contributed by atoms with Crippen molar-refractivity contribution in [2.45, 2.75) is 18.8 Å². The summed E-state index contributed by atoms with van der Waals surface area (Å²) in [5.74, 6) is 0.152. The van der Waals surface area contributed by atoms with Crippen LogP contribution in [0.5, 0.6) is 0 Å². The highest BCUT2D eigenvalue weighted by molar-refractivity contribution is 5.96. The predicted octanol–water partition coefficient (Wildman–Crippen LogP) is 3.83. The Kier molecular flexibility index (Phi) is 5.09. The molecule has 1 N–H and O–H groups in total. The molecule has 0 amide bonds. The van der Waals surface area contributed by atoms with Gasteiger partial charge in [0.15, 0.2) is 5.78 Å². The van der Waals surface area contributed by atoms with Crippen LogP contribution >= 0.6 is 0 Å². The SMILES string of the molecule is O=C(CCc1ccc([C@H](C[N+](=O)[O-])c2ccco2)[nH]1)c1ccccc1. The van der Waals surface area contributed by atoms with Crippen molar-refractivity contribution in [1.29, 1.82) is 0 Å². The first-order valence-corrected chi connectivity index (χ1v) is 8.04. The minimum absolute atomic E-state index is 0.0737. The maximum absolute atomic E-state index is 12.2. The standard InChI is InChI=1S/C19H18N2O4/c22-18(14-5-2-1-3-6-14)11-9-15-8-10-17(20-15)16(13-21(23)24)19-7-4-12-25-19/h1-8,10,12,16,20H,9,11,13H2/t16-/m0/s1. The molecule has 3 aromatic rings. The molecule has 6 nitrogen and oxygen atoms in total. The van der Waals surface area contributed by atoms with Crippen LogP contribution in [0.3, 0.4) is 0 Å². The molecule has 0 spiro atoms. The molecule has 0 aliphatic heterocycles. The van der Waals surface area contributed by atoms with Crippen LogP contribution in [0.4, 0.5) is 0 Å². The van der Waals surface area contributed by atoms with Crippen LogP contribution in [0.25, 0.3) is 0 Å². The number of nitrogens with one attached hydrogen (secondary N) is 1. The zero-order valence-electron chi connectivity index (χ0n) is 13.6. The normalized spacial score (nSPS) is 12.0. The highest BCUT2D eigenvalue weighted by Gasteiger charge is 2.24. The van der Waals surface area contributed by atoms with E-state index >= 15 is 0 Å². The van der Waals surface area contributed by atoms with Gasteiger partial charge in [0.25, 0.3) is 0 Å². The highest BCUT2D eigenvalue weighted by atomic mass is 16.6. The number of rotatable bonds is 8. The molecule has 6 heteroatoms. The number of nitrogens with zero attached hydrogens (tertiary/aromatic N) is 1. The minimum atomic E-state index is -0.469. The number of ketones is 1. The van der Waals surface area contributed by atoms with E-state index in [2.05, 4.69) is 4.98 Å². The van der Waals surface area contributed by atoms with Gasteiger partial charge in [0.1, 0.15) is 11.7 Å². The van der Waals surface area contributed by atoms with E-state index in [1.807, 2.05) is 30.3 Å². The Morgan fingerprint density at radius 2 is 1.92 bits per heavy atom. The Balaban J connectivity index is 1.68. The van der Waals surface area contributed by atoms with Crippen LogP contribution in [0.2, 0.25) is 0 Å². The molecule has 0 saturated carbocycles. The molecule has 0 unspecified atom stereocenters. The summed E-state index contributed by atoms with van der Waals surface area (Å²) >= 11 is 0. The zero-order chi connectivity index (χ0) is 17.6. The van der Waals surface area contributed by atoms with E-state index in [0.717, 1.165) is 5.69 Å². The fraction of sp³-hybridized carbons (Fsp3) is 0.211. The van der Waals surface area contributed by atoms with Gasteiger partial charge in [-0.1, -0.05) is 30.3 Å². The lowest BCUT2D eigenvalue weighted by molar-refractivity contribution is -0.482. The van der Waals surface area contributed by atoms with Crippen LogP contribution in [-0.4, -0.2) is 22.2 Å². The van der Waals surface area contributed by atoms with Crippen molar-refractivity contribution < 1.29 is 14.1 Å². The van der Waals surface area contributed by atoms with Gasteiger partial charge in [0.2, 0.25) is 6.54 Å². The molecule has 2 aromatic heterocycles. The van der Waals surface area contributed by atoms with Crippen LogP contribution in [0.15, 0.2) is 65.3 Å². The first-order chi connectivity index (χ1) is 12.1. The van der Waals surface area contributed by atoms with Crippen molar-refractivity contribution in [3.63, 3.8) is 0 Å². The van der Waals surface area contributed by atoms with Crippen LogP contribution in [-0.2, 0) is 6.42 Å². The molecule has 0 fully saturated rings. The van der Waals surface area contributed by atoms with Crippen molar-refractivity contribution in [3.05, 3.63) is 93.7 Å². The Morgan fingerprint density at radius 1 is 1.12 bits per heavy atom. The highest BCUT2D eigenvalue weighted by Crippen LogP contribution is 2.25. The van der Waals surface area contributed by atoms with Crippen LogP contribution in [0, 0.1) is 10.1 Å². The van der Waals surface area contributed by atoms with Gasteiger partial charge in [-0.15, -0.1) is 0 Å². The molecule has 3 rings (SSSR count). The molecule has 1 aromatic carbocycles. The fourth-order valence-electron chi connectivity index (χ4n) is 2.80. The summed E-state index contributed by atoms with van der Waals surface area (Å²) in [5, 5.41) is 11.0. The first-order valence-electron chi connectivity index (χ1n) is 8.04. The number of furan rings is 1. The van der Waals surface area contributed by atoms with Crippen LogP contribution in [0.1, 0.15) is 39.8 Å². The van der Waals surface area contributed by atoms with E-state index in [1.165, 1.54) is 6.26 Å². The Labute approximate surface area is 144 Å². The van der Waals surface area contributed by atoms with Crippen molar-refractivity contribution in [3.8, 4) is 0 Å². The average Bonchev–Trinajstić information content (AvgIpc) is 3.30. The molecule has 1 atom stereocenters. The van der Waals surface area contributed by atoms with E-state index in [4.69, 9.17) is 4.42 Å². The van der Waals surface area contributed by atoms with Crippen molar-refractivity contribution >= 4 is 5.78 Å². The number of aromatic nitrogens is 1. The molecular formula is C19H18N2O4. The lowest BCUT2D eigenvalue weighted by atomic mass is 10.0. The lowest BCUT2D eigenvalue weighted by Crippen LogP contribution is -2.13. The maximum Gasteiger partial charge on any atom is 0.219 e. The van der Waals surface area contributed by atoms with E-state index in [1.54, 1.807) is 24.3 Å². The lowest BCUT2D eigenvalue weighted by Gasteiger charge is -2.08. The summed E-state index contributed by atoms with van der Waals surface area (Å²) in [5.41, 5.74) is 2.28. The summed E-state index contributed by atoms with van der Waals surface area (Å²) in [7, 11) is 0. The van der Waals surface area contributed by atoms with E-state index < -0.39 is 5.92 Å². The first kappa shape index (κ1) is 16.7. The van der Waals surface area contributed by atoms with E-state index in [-0.39, 0.29) is 17.3 Å². The summed E-state index contributed by atoms with van der Waals surface area (Å²) in [6.45, 7) is -0.254. The number of hydrogen-bond acceptors (Lipinski definition) is 4. The van der Waals surface area contributed by atoms with E-state index in [9.17, 15) is 14.9 Å². The van der Waals surface area contributed by atoms with E-state index in [0.29, 0.717) is 29.9 Å². The van der Waals surface area contributed by atoms with Gasteiger partial charge >= 0.3 is 0 Å². The number of carbonyl (C=O) groups excluding carboxylic acids is 1. The average molecular weight is 338 g/mol. The van der Waals surface area contributed by atoms with Gasteiger partial charge in [0, 0.05) is 28.3 Å². The summed E-state index contributed by atoms with van der Waals surface area (Å²) < 4.78 is 5.34. The van der Waals surface area contributed by atoms with Gasteiger partial charge in [-0.2, -0.15) is 0 Å². The second-order valence-corrected chi connectivity index (χ2v) is 5.81. The van der Waals surface area contributed by atoms with Gasteiger partial charge in [0.05, 0.1) is 6.26 Å². The van der Waals surface area contributed by atoms with Gasteiger partial charge in [-0.3, -0.25) is 14.9 Å². The monoisotopic (exact) mass is 338 g/mol. The largest absolute Gasteiger partial charge is 0.468 e. The second kappa shape index (κ2) is 7.61. The van der Waals surface area contributed by atoms with Gasteiger partial charge in [-0.25, -0.2) is 0 Å². The number of nitro groups is 1. The van der Waals surface area contributed by atoms with Crippen molar-refractivity contribution in [2.75, 3.05) is 6.54 Å². The number of benzene rings is 1. The molecule has 128 valence electrons.